The Balaban J connectivity index is 1.40. The molecule has 5 rings (SSSR count). The summed E-state index contributed by atoms with van der Waals surface area (Å²) in [4.78, 5) is 25.3. The van der Waals surface area contributed by atoms with Gasteiger partial charge in [-0.1, -0.05) is 42.5 Å². The van der Waals surface area contributed by atoms with Gasteiger partial charge in [-0.2, -0.15) is 0 Å². The third-order valence-electron chi connectivity index (χ3n) is 5.08. The van der Waals surface area contributed by atoms with E-state index in [0.29, 0.717) is 22.7 Å². The van der Waals surface area contributed by atoms with Gasteiger partial charge in [0.2, 0.25) is 0 Å². The van der Waals surface area contributed by atoms with Crippen molar-refractivity contribution in [3.05, 3.63) is 114 Å². The molecule has 6 nitrogen and oxygen atoms in total. The fourth-order valence-corrected chi connectivity index (χ4v) is 3.62. The van der Waals surface area contributed by atoms with Gasteiger partial charge >= 0.3 is 0 Å². The zero-order valence-electron chi connectivity index (χ0n) is 16.4. The largest absolute Gasteiger partial charge is 0.459 e. The highest BCUT2D eigenvalue weighted by Gasteiger charge is 2.28. The van der Waals surface area contributed by atoms with Gasteiger partial charge in [0.05, 0.1) is 12.3 Å². The number of rotatable bonds is 4. The van der Waals surface area contributed by atoms with Crippen molar-refractivity contribution < 1.29 is 18.7 Å². The molecule has 2 amide bonds. The Bertz CT molecular complexity index is 1220. The summed E-state index contributed by atoms with van der Waals surface area (Å²) < 4.78 is 11.1. The third-order valence-corrected chi connectivity index (χ3v) is 5.08. The van der Waals surface area contributed by atoms with Crippen molar-refractivity contribution in [2.45, 2.75) is 6.04 Å². The summed E-state index contributed by atoms with van der Waals surface area (Å²) in [5, 5.41) is 5.85. The summed E-state index contributed by atoms with van der Waals surface area (Å²) in [5.41, 5.74) is 2.70. The molecule has 1 aliphatic heterocycles. The number of carbonyl (C=O) groups is 2. The number of fused-ring (bicyclic) bond motifs is 2. The minimum absolute atomic E-state index is 0.199. The molecule has 2 N–H and O–H groups in total. The van der Waals surface area contributed by atoms with E-state index in [4.69, 9.17) is 9.15 Å². The highest BCUT2D eigenvalue weighted by molar-refractivity contribution is 6.03. The van der Waals surface area contributed by atoms with Gasteiger partial charge in [-0.05, 0) is 42.5 Å². The number of ether oxygens (including phenoxy) is 1. The molecule has 152 valence electrons. The number of furan rings is 1. The van der Waals surface area contributed by atoms with Crippen molar-refractivity contribution in [2.75, 3.05) is 5.32 Å². The molecular formula is C25H18N2O4. The van der Waals surface area contributed by atoms with Gasteiger partial charge in [0, 0.05) is 22.4 Å². The molecule has 0 atom stereocenters. The Hall–Kier alpha value is -4.32. The van der Waals surface area contributed by atoms with Crippen LogP contribution in [0.25, 0.3) is 0 Å². The van der Waals surface area contributed by atoms with Crippen LogP contribution in [-0.4, -0.2) is 11.8 Å². The second kappa shape index (κ2) is 7.84. The number of anilines is 1. The van der Waals surface area contributed by atoms with E-state index in [2.05, 4.69) is 10.6 Å². The lowest BCUT2D eigenvalue weighted by atomic mass is 9.94. The monoisotopic (exact) mass is 410 g/mol. The number of benzene rings is 3. The minimum Gasteiger partial charge on any atom is -0.459 e. The molecule has 2 heterocycles. The average Bonchev–Trinajstić information content (AvgIpc) is 3.34. The van der Waals surface area contributed by atoms with Crippen LogP contribution < -0.4 is 15.4 Å². The van der Waals surface area contributed by atoms with Crippen LogP contribution in [-0.2, 0) is 0 Å². The number of nitrogens with one attached hydrogen (secondary N) is 2. The Kier molecular flexibility index (Phi) is 4.72. The Morgan fingerprint density at radius 1 is 0.742 bits per heavy atom. The Morgan fingerprint density at radius 2 is 1.45 bits per heavy atom. The summed E-state index contributed by atoms with van der Waals surface area (Å²) in [7, 11) is 0. The fourth-order valence-electron chi connectivity index (χ4n) is 3.62. The van der Waals surface area contributed by atoms with Crippen LogP contribution in [0.3, 0.4) is 0 Å². The first-order chi connectivity index (χ1) is 15.2. The number of hydrogen-bond acceptors (Lipinski definition) is 4. The predicted octanol–water partition coefficient (Wildman–Crippen LogP) is 5.16. The lowest BCUT2D eigenvalue weighted by Gasteiger charge is -2.28. The van der Waals surface area contributed by atoms with Crippen LogP contribution in [0.1, 0.15) is 38.1 Å². The van der Waals surface area contributed by atoms with Crippen LogP contribution in [0.15, 0.2) is 95.6 Å². The zero-order chi connectivity index (χ0) is 21.2. The van der Waals surface area contributed by atoms with Crippen LogP contribution in [0.5, 0.6) is 11.5 Å². The van der Waals surface area contributed by atoms with Crippen LogP contribution in [0.2, 0.25) is 0 Å². The number of carbonyl (C=O) groups excluding carboxylic acids is 2. The molecule has 0 saturated heterocycles. The maximum atomic E-state index is 13.1. The van der Waals surface area contributed by atoms with E-state index in [1.807, 2.05) is 48.5 Å². The second-order valence-corrected chi connectivity index (χ2v) is 7.10. The topological polar surface area (TPSA) is 80.6 Å². The van der Waals surface area contributed by atoms with Gasteiger partial charge in [-0.25, -0.2) is 0 Å². The molecule has 1 aliphatic rings. The number of amides is 2. The molecular weight excluding hydrogens is 392 g/mol. The maximum Gasteiger partial charge on any atom is 0.291 e. The summed E-state index contributed by atoms with van der Waals surface area (Å²) in [5.74, 6) is 0.989. The maximum absolute atomic E-state index is 13.1. The molecule has 0 spiro atoms. The van der Waals surface area contributed by atoms with Crippen LogP contribution in [0.4, 0.5) is 5.69 Å². The Labute approximate surface area is 178 Å². The molecule has 0 saturated carbocycles. The highest BCUT2D eigenvalue weighted by atomic mass is 16.5. The van der Waals surface area contributed by atoms with Crippen molar-refractivity contribution in [3.8, 4) is 11.5 Å². The molecule has 31 heavy (non-hydrogen) atoms. The molecule has 0 aliphatic carbocycles. The summed E-state index contributed by atoms with van der Waals surface area (Å²) in [6.45, 7) is 0. The molecule has 0 bridgehead atoms. The average molecular weight is 410 g/mol. The van der Waals surface area contributed by atoms with E-state index >= 15 is 0 Å². The first-order valence-corrected chi connectivity index (χ1v) is 9.80. The van der Waals surface area contributed by atoms with E-state index < -0.39 is 0 Å². The smallest absolute Gasteiger partial charge is 0.291 e. The first kappa shape index (κ1) is 18.7. The SMILES string of the molecule is O=C(NC1c2ccccc2Oc2ccccc21)c1cccc(NC(=O)c2ccco2)c1. The zero-order valence-corrected chi connectivity index (χ0v) is 16.4. The Morgan fingerprint density at radius 3 is 2.13 bits per heavy atom. The van der Waals surface area contributed by atoms with E-state index in [1.54, 1.807) is 36.4 Å². The third kappa shape index (κ3) is 3.67. The standard InChI is InChI=1S/C25H18N2O4/c28-24(16-7-5-8-17(15-16)26-25(29)22-13-6-14-30-22)27-23-18-9-1-3-11-20(18)31-21-12-4-2-10-19(21)23/h1-15,23H,(H,26,29)(H,27,28). The van der Waals surface area contributed by atoms with Gasteiger partial charge in [-0.3, -0.25) is 9.59 Å². The molecule has 1 aromatic heterocycles. The molecule has 0 fully saturated rings. The lowest BCUT2D eigenvalue weighted by molar-refractivity contribution is 0.0939. The molecule has 0 unspecified atom stereocenters. The van der Waals surface area contributed by atoms with Gasteiger partial charge in [0.1, 0.15) is 11.5 Å². The highest BCUT2D eigenvalue weighted by Crippen LogP contribution is 2.42. The first-order valence-electron chi connectivity index (χ1n) is 9.80. The van der Waals surface area contributed by atoms with Gasteiger partial charge in [0.25, 0.3) is 11.8 Å². The molecule has 3 aromatic carbocycles. The minimum atomic E-state index is -0.380. The molecule has 4 aromatic rings. The summed E-state index contributed by atoms with van der Waals surface area (Å²) in [6.07, 6.45) is 1.43. The van der Waals surface area contributed by atoms with Crippen LogP contribution >= 0.6 is 0 Å². The second-order valence-electron chi connectivity index (χ2n) is 7.10. The van der Waals surface area contributed by atoms with E-state index in [9.17, 15) is 9.59 Å². The van der Waals surface area contributed by atoms with Gasteiger partial charge in [0.15, 0.2) is 5.76 Å². The van der Waals surface area contributed by atoms with Crippen molar-refractivity contribution >= 4 is 17.5 Å². The predicted molar refractivity (Wildman–Crippen MR) is 115 cm³/mol. The van der Waals surface area contributed by atoms with Crippen molar-refractivity contribution in [1.29, 1.82) is 0 Å². The van der Waals surface area contributed by atoms with Gasteiger partial charge < -0.3 is 19.8 Å². The van der Waals surface area contributed by atoms with Gasteiger partial charge in [-0.15, -0.1) is 0 Å². The van der Waals surface area contributed by atoms with Crippen molar-refractivity contribution in [1.82, 2.24) is 5.32 Å². The number of hydrogen-bond donors (Lipinski definition) is 2. The summed E-state index contributed by atoms with van der Waals surface area (Å²) >= 11 is 0. The van der Waals surface area contributed by atoms with E-state index in [-0.39, 0.29) is 23.6 Å². The number of para-hydroxylation sites is 2. The van der Waals surface area contributed by atoms with Crippen molar-refractivity contribution in [3.63, 3.8) is 0 Å². The van der Waals surface area contributed by atoms with E-state index in [0.717, 1.165) is 11.1 Å². The molecule has 6 heteroatoms. The normalized spacial score (nSPS) is 12.3. The lowest BCUT2D eigenvalue weighted by Crippen LogP contribution is -2.31. The summed E-state index contributed by atoms with van der Waals surface area (Å²) in [6, 6.07) is 24.9. The van der Waals surface area contributed by atoms with Crippen molar-refractivity contribution in [2.24, 2.45) is 0 Å². The van der Waals surface area contributed by atoms with E-state index in [1.165, 1.54) is 6.26 Å². The quantitative estimate of drug-likeness (QED) is 0.487. The molecule has 0 radical (unpaired) electrons. The van der Waals surface area contributed by atoms with Crippen LogP contribution in [0, 0.1) is 0 Å². The fraction of sp³-hybridized carbons (Fsp3) is 0.0400.